The molecule has 1 atom stereocenters. The molecule has 0 radical (unpaired) electrons. The monoisotopic (exact) mass is 462 g/mol. The largest absolute Gasteiger partial charge is 0.465 e. The van der Waals surface area contributed by atoms with E-state index in [1.165, 1.54) is 31.4 Å². The third-order valence-corrected chi connectivity index (χ3v) is 7.17. The Labute approximate surface area is 185 Å². The van der Waals surface area contributed by atoms with Gasteiger partial charge in [0.1, 0.15) is 11.9 Å². The first kappa shape index (κ1) is 23.6. The van der Waals surface area contributed by atoms with Gasteiger partial charge >= 0.3 is 5.97 Å². The average molecular weight is 462 g/mol. The lowest BCUT2D eigenvalue weighted by atomic mass is 10.1. The van der Waals surface area contributed by atoms with Crippen LogP contribution < -0.4 is 4.90 Å². The lowest BCUT2D eigenvalue weighted by molar-refractivity contribution is -0.122. The van der Waals surface area contributed by atoms with Crippen LogP contribution in [0, 0.1) is 5.82 Å². The number of imide groups is 1. The van der Waals surface area contributed by atoms with Gasteiger partial charge in [-0.2, -0.15) is 4.31 Å². The van der Waals surface area contributed by atoms with E-state index >= 15 is 0 Å². The Morgan fingerprint density at radius 2 is 1.62 bits per heavy atom. The Kier molecular flexibility index (Phi) is 6.21. The predicted octanol–water partition coefficient (Wildman–Crippen LogP) is 2.73. The van der Waals surface area contributed by atoms with Crippen LogP contribution in [0.25, 0.3) is 0 Å². The summed E-state index contributed by atoms with van der Waals surface area (Å²) in [6.07, 6.45) is -0.352. The standard InChI is InChI=1S/C22H23FN2O6S/c1-22(2,3)25(32(29,30)17-11-7-15(23)8-12-17)18-13-19(26)24(20(18)27)16-9-5-14(6-10-16)21(28)31-4/h5-12,18H,13H2,1-4H3. The van der Waals surface area contributed by atoms with Crippen molar-refractivity contribution in [2.45, 2.75) is 43.7 Å². The van der Waals surface area contributed by atoms with Crippen LogP contribution in [-0.2, 0) is 24.3 Å². The summed E-state index contributed by atoms with van der Waals surface area (Å²) in [6.45, 7) is 4.83. The van der Waals surface area contributed by atoms with Gasteiger partial charge in [-0.05, 0) is 69.3 Å². The highest BCUT2D eigenvalue weighted by atomic mass is 32.2. The van der Waals surface area contributed by atoms with Gasteiger partial charge < -0.3 is 4.74 Å². The fourth-order valence-electron chi connectivity index (χ4n) is 3.65. The highest BCUT2D eigenvalue weighted by molar-refractivity contribution is 7.89. The molecule has 0 bridgehead atoms. The van der Waals surface area contributed by atoms with Crippen molar-refractivity contribution in [3.8, 4) is 0 Å². The highest BCUT2D eigenvalue weighted by Crippen LogP contribution is 2.34. The number of nitrogens with zero attached hydrogens (tertiary/aromatic N) is 2. The Morgan fingerprint density at radius 3 is 2.12 bits per heavy atom. The summed E-state index contributed by atoms with van der Waals surface area (Å²) in [5.74, 6) is -2.45. The van der Waals surface area contributed by atoms with E-state index in [-0.39, 0.29) is 22.6 Å². The van der Waals surface area contributed by atoms with Crippen LogP contribution in [0.4, 0.5) is 10.1 Å². The van der Waals surface area contributed by atoms with Gasteiger partial charge in [-0.3, -0.25) is 9.59 Å². The highest BCUT2D eigenvalue weighted by Gasteiger charge is 2.50. The van der Waals surface area contributed by atoms with Crippen molar-refractivity contribution in [3.63, 3.8) is 0 Å². The quantitative estimate of drug-likeness (QED) is 0.500. The van der Waals surface area contributed by atoms with E-state index in [1.54, 1.807) is 20.8 Å². The number of halogens is 1. The summed E-state index contributed by atoms with van der Waals surface area (Å²) in [6, 6.07) is 8.65. The Balaban J connectivity index is 1.99. The van der Waals surface area contributed by atoms with Gasteiger partial charge in [0.25, 0.3) is 5.91 Å². The number of carbonyl (C=O) groups excluding carboxylic acids is 3. The van der Waals surface area contributed by atoms with Gasteiger partial charge in [0.15, 0.2) is 0 Å². The normalized spacial score (nSPS) is 17.2. The van der Waals surface area contributed by atoms with E-state index in [2.05, 4.69) is 4.74 Å². The topological polar surface area (TPSA) is 101 Å². The molecular weight excluding hydrogens is 439 g/mol. The van der Waals surface area contributed by atoms with E-state index in [4.69, 9.17) is 0 Å². The van der Waals surface area contributed by atoms with Crippen molar-refractivity contribution in [1.82, 2.24) is 4.31 Å². The average Bonchev–Trinajstić information content (AvgIpc) is 3.00. The third-order valence-electron chi connectivity index (χ3n) is 4.98. The van der Waals surface area contributed by atoms with E-state index in [0.29, 0.717) is 0 Å². The number of hydrogen-bond donors (Lipinski definition) is 0. The molecular formula is C22H23FN2O6S. The van der Waals surface area contributed by atoms with Crippen LogP contribution in [0.1, 0.15) is 37.6 Å². The number of hydrogen-bond acceptors (Lipinski definition) is 6. The second-order valence-electron chi connectivity index (χ2n) is 8.25. The number of amides is 2. The maximum atomic E-state index is 13.4. The van der Waals surface area contributed by atoms with Crippen LogP contribution in [0.3, 0.4) is 0 Å². The molecule has 2 amide bonds. The molecule has 0 aromatic heterocycles. The van der Waals surface area contributed by atoms with Crippen LogP contribution >= 0.6 is 0 Å². The fourth-order valence-corrected chi connectivity index (χ4v) is 5.58. The van der Waals surface area contributed by atoms with E-state index in [9.17, 15) is 27.2 Å². The Bertz CT molecular complexity index is 1150. The molecule has 1 heterocycles. The summed E-state index contributed by atoms with van der Waals surface area (Å²) in [7, 11) is -3.00. The van der Waals surface area contributed by atoms with E-state index in [0.717, 1.165) is 33.5 Å². The molecule has 3 rings (SSSR count). The molecule has 0 saturated carbocycles. The zero-order valence-corrected chi connectivity index (χ0v) is 18.8. The SMILES string of the molecule is COC(=O)c1ccc(N2C(=O)CC(N(C(C)(C)C)S(=O)(=O)c3ccc(F)cc3)C2=O)cc1. The molecule has 10 heteroatoms. The summed E-state index contributed by atoms with van der Waals surface area (Å²) in [5, 5.41) is 0. The zero-order chi connectivity index (χ0) is 23.8. The Morgan fingerprint density at radius 1 is 1.06 bits per heavy atom. The zero-order valence-electron chi connectivity index (χ0n) is 18.0. The number of carbonyl (C=O) groups is 3. The molecule has 1 aliphatic heterocycles. The molecule has 1 unspecified atom stereocenters. The van der Waals surface area contributed by atoms with Crippen molar-refractivity contribution < 1.29 is 31.9 Å². The number of anilines is 1. The first-order valence-corrected chi connectivity index (χ1v) is 11.2. The van der Waals surface area contributed by atoms with Gasteiger partial charge in [0, 0.05) is 5.54 Å². The minimum atomic E-state index is -4.24. The van der Waals surface area contributed by atoms with Gasteiger partial charge in [0.2, 0.25) is 15.9 Å². The van der Waals surface area contributed by atoms with Crippen LogP contribution in [-0.4, -0.2) is 49.2 Å². The maximum absolute atomic E-state index is 13.4. The van der Waals surface area contributed by atoms with Gasteiger partial charge in [0.05, 0.1) is 29.7 Å². The molecule has 1 aliphatic rings. The number of sulfonamides is 1. The summed E-state index contributed by atoms with van der Waals surface area (Å²) >= 11 is 0. The summed E-state index contributed by atoms with van der Waals surface area (Å²) in [5.41, 5.74) is -0.608. The minimum Gasteiger partial charge on any atom is -0.465 e. The third kappa shape index (κ3) is 4.28. The van der Waals surface area contributed by atoms with Gasteiger partial charge in [-0.1, -0.05) is 0 Å². The fraction of sp³-hybridized carbons (Fsp3) is 0.318. The second kappa shape index (κ2) is 8.44. The first-order valence-electron chi connectivity index (χ1n) is 9.73. The molecule has 0 N–H and O–H groups in total. The van der Waals surface area contributed by atoms with Crippen molar-refractivity contribution in [2.75, 3.05) is 12.0 Å². The molecule has 32 heavy (non-hydrogen) atoms. The van der Waals surface area contributed by atoms with E-state index in [1.807, 2.05) is 0 Å². The molecule has 170 valence electrons. The lowest BCUT2D eigenvalue weighted by Crippen LogP contribution is -2.54. The number of ether oxygens (including phenoxy) is 1. The van der Waals surface area contributed by atoms with Crippen LogP contribution in [0.15, 0.2) is 53.4 Å². The lowest BCUT2D eigenvalue weighted by Gasteiger charge is -2.37. The number of benzene rings is 2. The molecule has 1 fully saturated rings. The van der Waals surface area contributed by atoms with Crippen molar-refractivity contribution >= 4 is 33.5 Å². The van der Waals surface area contributed by atoms with Gasteiger partial charge in [-0.25, -0.2) is 22.5 Å². The molecule has 0 spiro atoms. The molecule has 2 aromatic rings. The maximum Gasteiger partial charge on any atom is 0.337 e. The van der Waals surface area contributed by atoms with Crippen molar-refractivity contribution in [2.24, 2.45) is 0 Å². The molecule has 8 nitrogen and oxygen atoms in total. The van der Waals surface area contributed by atoms with Crippen molar-refractivity contribution in [1.29, 1.82) is 0 Å². The van der Waals surface area contributed by atoms with Crippen LogP contribution in [0.5, 0.6) is 0 Å². The molecule has 0 aliphatic carbocycles. The Hall–Kier alpha value is -3.11. The first-order chi connectivity index (χ1) is 14.9. The summed E-state index contributed by atoms with van der Waals surface area (Å²) in [4.78, 5) is 38.4. The van der Waals surface area contributed by atoms with E-state index < -0.39 is 45.2 Å². The molecule has 1 saturated heterocycles. The smallest absolute Gasteiger partial charge is 0.337 e. The van der Waals surface area contributed by atoms with Crippen LogP contribution in [0.2, 0.25) is 0 Å². The predicted molar refractivity (Wildman–Crippen MR) is 114 cm³/mol. The molecule has 2 aromatic carbocycles. The number of esters is 1. The van der Waals surface area contributed by atoms with Gasteiger partial charge in [-0.15, -0.1) is 0 Å². The number of methoxy groups -OCH3 is 1. The summed E-state index contributed by atoms with van der Waals surface area (Å²) < 4.78 is 45.7. The minimum absolute atomic E-state index is 0.185. The number of rotatable bonds is 5. The second-order valence-corrected chi connectivity index (χ2v) is 10.1. The van der Waals surface area contributed by atoms with Crippen molar-refractivity contribution in [3.05, 3.63) is 59.9 Å².